The van der Waals surface area contributed by atoms with Crippen molar-refractivity contribution in [1.82, 2.24) is 10.2 Å². The van der Waals surface area contributed by atoms with Crippen LogP contribution in [0.15, 0.2) is 18.2 Å². The van der Waals surface area contributed by atoms with Gasteiger partial charge in [0.2, 0.25) is 0 Å². The first-order chi connectivity index (χ1) is 11.9. The highest BCUT2D eigenvalue weighted by Gasteiger charge is 2.34. The highest BCUT2D eigenvalue weighted by Crippen LogP contribution is 2.41. The lowest BCUT2D eigenvalue weighted by atomic mass is 9.99. The molecule has 132 valence electrons. The number of rotatable bonds is 2. The van der Waals surface area contributed by atoms with E-state index in [1.54, 1.807) is 17.4 Å². The highest BCUT2D eigenvalue weighted by atomic mass is 32.1. The van der Waals surface area contributed by atoms with Crippen LogP contribution in [0.5, 0.6) is 5.75 Å². The molecule has 6 heteroatoms. The summed E-state index contributed by atoms with van der Waals surface area (Å²) in [6.45, 7) is 8.28. The number of thiophene rings is 1. The molecule has 0 bridgehead atoms. The van der Waals surface area contributed by atoms with Gasteiger partial charge in [0, 0.05) is 29.6 Å². The number of hydrogen-bond donors (Lipinski definition) is 3. The largest absolute Gasteiger partial charge is 0.508 e. The molecule has 3 heterocycles. The number of nitrogens with zero attached hydrogens (tertiary/aromatic N) is 1. The highest BCUT2D eigenvalue weighted by molar-refractivity contribution is 7.16. The number of amides is 1. The van der Waals surface area contributed by atoms with Crippen LogP contribution in [0.25, 0.3) is 0 Å². The molecule has 0 unspecified atom stereocenters. The van der Waals surface area contributed by atoms with Crippen molar-refractivity contribution < 1.29 is 9.90 Å². The molecule has 0 spiro atoms. The lowest BCUT2D eigenvalue weighted by molar-refractivity contribution is 0.0934. The van der Waals surface area contributed by atoms with Crippen molar-refractivity contribution in [2.75, 3.05) is 11.9 Å². The van der Waals surface area contributed by atoms with E-state index >= 15 is 0 Å². The Morgan fingerprint density at radius 2 is 2.12 bits per heavy atom. The molecule has 0 fully saturated rings. The zero-order valence-corrected chi connectivity index (χ0v) is 15.5. The van der Waals surface area contributed by atoms with E-state index < -0.39 is 6.17 Å². The fourth-order valence-electron chi connectivity index (χ4n) is 3.64. The van der Waals surface area contributed by atoms with E-state index in [0.717, 1.165) is 35.6 Å². The second-order valence-electron chi connectivity index (χ2n) is 7.14. The van der Waals surface area contributed by atoms with Gasteiger partial charge in [-0.15, -0.1) is 11.3 Å². The van der Waals surface area contributed by atoms with Gasteiger partial charge in [-0.25, -0.2) is 0 Å². The standard InChI is InChI=1S/C19H23N3O2S/c1-10(2)22-7-6-12-15(9-22)25-19-16(12)18(24)20-17(21-19)13-8-11(3)4-5-14(13)23/h4-5,8,10,17,21,23H,6-7,9H2,1-3H3,(H,20,24)/t17-/m1/s1. The number of hydrogen-bond acceptors (Lipinski definition) is 5. The van der Waals surface area contributed by atoms with E-state index in [9.17, 15) is 9.90 Å². The summed E-state index contributed by atoms with van der Waals surface area (Å²) >= 11 is 1.68. The van der Waals surface area contributed by atoms with E-state index in [-0.39, 0.29) is 11.7 Å². The zero-order chi connectivity index (χ0) is 17.7. The van der Waals surface area contributed by atoms with Crippen LogP contribution in [0.2, 0.25) is 0 Å². The molecule has 1 amide bonds. The molecule has 2 aromatic rings. The first kappa shape index (κ1) is 16.4. The Bertz CT molecular complexity index is 843. The second-order valence-corrected chi connectivity index (χ2v) is 8.24. The van der Waals surface area contributed by atoms with Crippen LogP contribution in [0.4, 0.5) is 5.00 Å². The molecule has 25 heavy (non-hydrogen) atoms. The second kappa shape index (κ2) is 6.04. The number of carbonyl (C=O) groups excluding carboxylic acids is 1. The van der Waals surface area contributed by atoms with Crippen molar-refractivity contribution in [1.29, 1.82) is 0 Å². The maximum Gasteiger partial charge on any atom is 0.256 e. The van der Waals surface area contributed by atoms with Gasteiger partial charge in [-0.3, -0.25) is 9.69 Å². The van der Waals surface area contributed by atoms with E-state index in [1.807, 2.05) is 19.1 Å². The maximum atomic E-state index is 12.8. The van der Waals surface area contributed by atoms with Gasteiger partial charge in [0.05, 0.1) is 5.56 Å². The molecule has 2 aliphatic rings. The lowest BCUT2D eigenvalue weighted by Gasteiger charge is -2.31. The summed E-state index contributed by atoms with van der Waals surface area (Å²) in [5.41, 5.74) is 3.74. The smallest absolute Gasteiger partial charge is 0.256 e. The van der Waals surface area contributed by atoms with Crippen molar-refractivity contribution >= 4 is 22.2 Å². The van der Waals surface area contributed by atoms with Gasteiger partial charge < -0.3 is 15.7 Å². The Kier molecular flexibility index (Phi) is 3.96. The normalized spacial score (nSPS) is 20.0. The van der Waals surface area contributed by atoms with E-state index in [0.29, 0.717) is 11.6 Å². The van der Waals surface area contributed by atoms with Crippen molar-refractivity contribution in [2.24, 2.45) is 0 Å². The number of anilines is 1. The predicted octanol–water partition coefficient (Wildman–Crippen LogP) is 3.38. The summed E-state index contributed by atoms with van der Waals surface area (Å²) in [7, 11) is 0. The van der Waals surface area contributed by atoms with Gasteiger partial charge in [0.1, 0.15) is 16.9 Å². The molecule has 5 nitrogen and oxygen atoms in total. The monoisotopic (exact) mass is 357 g/mol. The summed E-state index contributed by atoms with van der Waals surface area (Å²) in [4.78, 5) is 16.5. The number of benzene rings is 1. The molecule has 1 aromatic carbocycles. The molecule has 1 atom stereocenters. The average molecular weight is 357 g/mol. The van der Waals surface area contributed by atoms with E-state index in [2.05, 4.69) is 29.4 Å². The summed E-state index contributed by atoms with van der Waals surface area (Å²) in [5.74, 6) is 0.148. The molecule has 0 radical (unpaired) electrons. The quantitative estimate of drug-likeness (QED) is 0.771. The number of carbonyl (C=O) groups is 1. The molecule has 4 rings (SSSR count). The maximum absolute atomic E-state index is 12.8. The fraction of sp³-hybridized carbons (Fsp3) is 0.421. The first-order valence-corrected chi connectivity index (χ1v) is 9.51. The van der Waals surface area contributed by atoms with Crippen molar-refractivity contribution in [3.63, 3.8) is 0 Å². The van der Waals surface area contributed by atoms with Crippen LogP contribution in [0.1, 0.15) is 51.9 Å². The number of phenols is 1. The molecule has 1 aromatic heterocycles. The average Bonchev–Trinajstić information content (AvgIpc) is 2.94. The van der Waals surface area contributed by atoms with Gasteiger partial charge in [-0.05, 0) is 44.9 Å². The SMILES string of the molecule is Cc1ccc(O)c([C@@H]2NC(=O)c3c(sc4c3CCN(C(C)C)C4)N2)c1. The van der Waals surface area contributed by atoms with E-state index in [4.69, 9.17) is 0 Å². The third-order valence-electron chi connectivity index (χ3n) is 5.09. The Morgan fingerprint density at radius 1 is 1.32 bits per heavy atom. The topological polar surface area (TPSA) is 64.6 Å². The van der Waals surface area contributed by atoms with E-state index in [1.165, 1.54) is 10.4 Å². The Morgan fingerprint density at radius 3 is 2.88 bits per heavy atom. The van der Waals surface area contributed by atoms with Gasteiger partial charge in [-0.2, -0.15) is 0 Å². The molecule has 0 aliphatic carbocycles. The van der Waals surface area contributed by atoms with Crippen LogP contribution in [0, 0.1) is 6.92 Å². The number of aromatic hydroxyl groups is 1. The third kappa shape index (κ3) is 2.79. The molecule has 2 aliphatic heterocycles. The molecule has 0 saturated carbocycles. The van der Waals surface area contributed by atoms with Gasteiger partial charge in [0.25, 0.3) is 5.91 Å². The van der Waals surface area contributed by atoms with Gasteiger partial charge in [-0.1, -0.05) is 11.6 Å². The minimum atomic E-state index is -0.402. The molecular formula is C19H23N3O2S. The number of aryl methyl sites for hydroxylation is 1. The van der Waals surface area contributed by atoms with Crippen LogP contribution >= 0.6 is 11.3 Å². The van der Waals surface area contributed by atoms with Crippen LogP contribution < -0.4 is 10.6 Å². The number of nitrogens with one attached hydrogen (secondary N) is 2. The molecule has 0 saturated heterocycles. The fourth-order valence-corrected chi connectivity index (χ4v) is 4.94. The predicted molar refractivity (Wildman–Crippen MR) is 100 cm³/mol. The Labute approximate surface area is 151 Å². The van der Waals surface area contributed by atoms with Crippen LogP contribution in [-0.4, -0.2) is 28.5 Å². The molecule has 3 N–H and O–H groups in total. The lowest BCUT2D eigenvalue weighted by Crippen LogP contribution is -2.39. The minimum Gasteiger partial charge on any atom is -0.508 e. The van der Waals surface area contributed by atoms with Crippen LogP contribution in [0.3, 0.4) is 0 Å². The first-order valence-electron chi connectivity index (χ1n) is 8.69. The summed E-state index contributed by atoms with van der Waals surface area (Å²) in [6, 6.07) is 5.95. The third-order valence-corrected chi connectivity index (χ3v) is 6.24. The summed E-state index contributed by atoms with van der Waals surface area (Å²) in [6.07, 6.45) is 0.510. The molecular weight excluding hydrogens is 334 g/mol. The van der Waals surface area contributed by atoms with Crippen LogP contribution in [-0.2, 0) is 13.0 Å². The van der Waals surface area contributed by atoms with Crippen molar-refractivity contribution in [3.05, 3.63) is 45.3 Å². The Balaban J connectivity index is 1.68. The summed E-state index contributed by atoms with van der Waals surface area (Å²) in [5, 5.41) is 17.5. The minimum absolute atomic E-state index is 0.0462. The van der Waals surface area contributed by atoms with Gasteiger partial charge >= 0.3 is 0 Å². The van der Waals surface area contributed by atoms with Gasteiger partial charge in [0.15, 0.2) is 0 Å². The van der Waals surface area contributed by atoms with Crippen molar-refractivity contribution in [2.45, 2.75) is 45.9 Å². The number of phenolic OH excluding ortho intramolecular Hbond substituents is 1. The van der Waals surface area contributed by atoms with Crippen molar-refractivity contribution in [3.8, 4) is 5.75 Å². The summed E-state index contributed by atoms with van der Waals surface area (Å²) < 4.78 is 0. The zero-order valence-electron chi connectivity index (χ0n) is 14.7. The Hall–Kier alpha value is -2.05. The number of fused-ring (bicyclic) bond motifs is 3.